The first-order chi connectivity index (χ1) is 16.4. The predicted molar refractivity (Wildman–Crippen MR) is 128 cm³/mol. The number of anilines is 2. The molecule has 1 aromatic heterocycles. The van der Waals surface area contributed by atoms with Gasteiger partial charge in [0.2, 0.25) is 0 Å². The van der Waals surface area contributed by atoms with Crippen molar-refractivity contribution in [2.24, 2.45) is 0 Å². The molecule has 9 heteroatoms. The largest absolute Gasteiger partial charge is 0.451 e. The van der Waals surface area contributed by atoms with Crippen LogP contribution in [0.15, 0.2) is 35.9 Å². The molecular formula is C25H30N4O5. The van der Waals surface area contributed by atoms with Gasteiger partial charge in [0.25, 0.3) is 5.91 Å². The van der Waals surface area contributed by atoms with Crippen LogP contribution in [0.5, 0.6) is 0 Å². The van der Waals surface area contributed by atoms with E-state index in [0.29, 0.717) is 32.1 Å². The zero-order valence-electron chi connectivity index (χ0n) is 19.8. The van der Waals surface area contributed by atoms with Crippen LogP contribution < -0.4 is 10.2 Å². The number of aryl methyl sites for hydroxylation is 1. The predicted octanol–water partition coefficient (Wildman–Crippen LogP) is 2.68. The highest BCUT2D eigenvalue weighted by Crippen LogP contribution is 2.20. The molecule has 9 nitrogen and oxygen atoms in total. The van der Waals surface area contributed by atoms with Gasteiger partial charge in [-0.3, -0.25) is 4.79 Å². The minimum atomic E-state index is -0.845. The number of rotatable bonds is 9. The smallest absolute Gasteiger partial charge is 0.349 e. The second kappa shape index (κ2) is 12.0. The van der Waals surface area contributed by atoms with E-state index in [0.717, 1.165) is 35.7 Å². The molecule has 1 aliphatic rings. The lowest BCUT2D eigenvalue weighted by Crippen LogP contribution is -2.36. The lowest BCUT2D eigenvalue weighted by molar-refractivity contribution is -0.142. The molecule has 0 saturated carbocycles. The van der Waals surface area contributed by atoms with Crippen molar-refractivity contribution < 1.29 is 23.8 Å². The molecule has 34 heavy (non-hydrogen) atoms. The quantitative estimate of drug-likeness (QED) is 0.344. The third-order valence-electron chi connectivity index (χ3n) is 5.63. The van der Waals surface area contributed by atoms with Crippen LogP contribution in [0.1, 0.15) is 17.0 Å². The summed E-state index contributed by atoms with van der Waals surface area (Å²) in [5, 5.41) is 12.1. The number of esters is 1. The van der Waals surface area contributed by atoms with Crippen LogP contribution in [0.25, 0.3) is 6.08 Å². The Morgan fingerprint density at radius 2 is 1.91 bits per heavy atom. The fourth-order valence-electron chi connectivity index (χ4n) is 3.78. The van der Waals surface area contributed by atoms with Gasteiger partial charge in [0.1, 0.15) is 11.6 Å². The number of nitrogens with one attached hydrogen (secondary N) is 1. The average Bonchev–Trinajstić information content (AvgIpc) is 3.12. The SMILES string of the molecule is COCCn1c(C)cc(/C=C(\C#N)C(=O)OCC(=O)Nc2ccc(N3CCOCC3)cc2)c1C. The number of ether oxygens (including phenoxy) is 3. The van der Waals surface area contributed by atoms with E-state index in [2.05, 4.69) is 10.2 Å². The molecule has 0 atom stereocenters. The fraction of sp³-hybridized carbons (Fsp3) is 0.400. The average molecular weight is 467 g/mol. The molecule has 2 aromatic rings. The molecule has 180 valence electrons. The minimum absolute atomic E-state index is 0.172. The summed E-state index contributed by atoms with van der Waals surface area (Å²) in [5.74, 6) is -1.33. The summed E-state index contributed by atoms with van der Waals surface area (Å²) in [6, 6.07) is 11.2. The maximum absolute atomic E-state index is 12.4. The molecule has 1 amide bonds. The van der Waals surface area contributed by atoms with E-state index in [-0.39, 0.29) is 5.57 Å². The zero-order chi connectivity index (χ0) is 24.5. The highest BCUT2D eigenvalue weighted by atomic mass is 16.5. The number of carbonyl (C=O) groups excluding carboxylic acids is 2. The number of morpholine rings is 1. The molecule has 2 heterocycles. The van der Waals surface area contributed by atoms with E-state index >= 15 is 0 Å². The molecule has 1 N–H and O–H groups in total. The van der Waals surface area contributed by atoms with Gasteiger partial charge in [-0.05, 0) is 55.8 Å². The summed E-state index contributed by atoms with van der Waals surface area (Å²) >= 11 is 0. The Balaban J connectivity index is 1.55. The number of benzene rings is 1. The van der Waals surface area contributed by atoms with Gasteiger partial charge >= 0.3 is 5.97 Å². The number of hydrogen-bond donors (Lipinski definition) is 1. The third-order valence-corrected chi connectivity index (χ3v) is 5.63. The van der Waals surface area contributed by atoms with Crippen molar-refractivity contribution in [2.45, 2.75) is 20.4 Å². The summed E-state index contributed by atoms with van der Waals surface area (Å²) in [6.45, 7) is 7.63. The maximum atomic E-state index is 12.4. The van der Waals surface area contributed by atoms with Crippen LogP contribution in [-0.2, 0) is 30.3 Å². The standard InChI is InChI=1S/C25H30N4O5/c1-18-14-20(19(2)29(18)10-11-32-3)15-21(16-26)25(31)34-17-24(30)27-22-4-6-23(7-5-22)28-8-12-33-13-9-28/h4-7,14-15H,8-13,17H2,1-3H3,(H,27,30)/b21-15+. The number of nitrogens with zero attached hydrogens (tertiary/aromatic N) is 3. The normalized spacial score (nSPS) is 13.9. The summed E-state index contributed by atoms with van der Waals surface area (Å²) in [5.41, 5.74) is 4.12. The molecule has 1 saturated heterocycles. The summed E-state index contributed by atoms with van der Waals surface area (Å²) in [6.07, 6.45) is 1.48. The first-order valence-electron chi connectivity index (χ1n) is 11.1. The molecule has 0 bridgehead atoms. The molecule has 1 fully saturated rings. The highest BCUT2D eigenvalue weighted by Gasteiger charge is 2.16. The number of hydrogen-bond acceptors (Lipinski definition) is 7. The second-order valence-corrected chi connectivity index (χ2v) is 7.91. The Hall–Kier alpha value is -3.61. The fourth-order valence-corrected chi connectivity index (χ4v) is 3.78. The van der Waals surface area contributed by atoms with E-state index < -0.39 is 18.5 Å². The first kappa shape index (κ1) is 25.0. The van der Waals surface area contributed by atoms with Crippen LogP contribution in [0, 0.1) is 25.2 Å². The van der Waals surface area contributed by atoms with Crippen molar-refractivity contribution in [1.82, 2.24) is 4.57 Å². The van der Waals surface area contributed by atoms with E-state index in [4.69, 9.17) is 14.2 Å². The Morgan fingerprint density at radius 3 is 2.56 bits per heavy atom. The molecular weight excluding hydrogens is 436 g/mol. The van der Waals surface area contributed by atoms with Gasteiger partial charge in [-0.25, -0.2) is 4.79 Å². The molecule has 0 spiro atoms. The molecule has 0 radical (unpaired) electrons. The van der Waals surface area contributed by atoms with Crippen molar-refractivity contribution in [2.75, 3.05) is 56.8 Å². The highest BCUT2D eigenvalue weighted by molar-refractivity contribution is 6.00. The summed E-state index contributed by atoms with van der Waals surface area (Å²) in [7, 11) is 1.63. The van der Waals surface area contributed by atoms with Crippen molar-refractivity contribution in [1.29, 1.82) is 5.26 Å². The maximum Gasteiger partial charge on any atom is 0.349 e. The van der Waals surface area contributed by atoms with Gasteiger partial charge < -0.3 is 29.0 Å². The van der Waals surface area contributed by atoms with E-state index in [1.165, 1.54) is 6.08 Å². The topological polar surface area (TPSA) is 106 Å². The van der Waals surface area contributed by atoms with Crippen molar-refractivity contribution >= 4 is 29.3 Å². The number of nitriles is 1. The van der Waals surface area contributed by atoms with Gasteiger partial charge in [-0.15, -0.1) is 0 Å². The monoisotopic (exact) mass is 466 g/mol. The lowest BCUT2D eigenvalue weighted by atomic mass is 10.1. The molecule has 1 aromatic carbocycles. The summed E-state index contributed by atoms with van der Waals surface area (Å²) < 4.78 is 17.6. The number of carbonyl (C=O) groups is 2. The van der Waals surface area contributed by atoms with E-state index in [9.17, 15) is 14.9 Å². The van der Waals surface area contributed by atoms with Gasteiger partial charge in [-0.1, -0.05) is 0 Å². The zero-order valence-corrected chi connectivity index (χ0v) is 19.8. The van der Waals surface area contributed by atoms with E-state index in [1.807, 2.05) is 42.7 Å². The van der Waals surface area contributed by atoms with Crippen LogP contribution in [0.2, 0.25) is 0 Å². The summed E-state index contributed by atoms with van der Waals surface area (Å²) in [4.78, 5) is 26.8. The first-order valence-corrected chi connectivity index (χ1v) is 11.1. The number of aromatic nitrogens is 1. The van der Waals surface area contributed by atoms with Gasteiger partial charge in [0.15, 0.2) is 6.61 Å². The van der Waals surface area contributed by atoms with Crippen LogP contribution in [-0.4, -0.2) is 63.1 Å². The van der Waals surface area contributed by atoms with Crippen molar-refractivity contribution in [3.05, 3.63) is 52.9 Å². The van der Waals surface area contributed by atoms with Crippen LogP contribution >= 0.6 is 0 Å². The Morgan fingerprint density at radius 1 is 1.21 bits per heavy atom. The Labute approximate surface area is 199 Å². The van der Waals surface area contributed by atoms with Gasteiger partial charge in [0.05, 0.1) is 19.8 Å². The second-order valence-electron chi connectivity index (χ2n) is 7.91. The van der Waals surface area contributed by atoms with Crippen molar-refractivity contribution in [3.63, 3.8) is 0 Å². The number of amides is 1. The lowest BCUT2D eigenvalue weighted by Gasteiger charge is -2.28. The van der Waals surface area contributed by atoms with E-state index in [1.54, 1.807) is 19.2 Å². The third kappa shape index (κ3) is 6.47. The molecule has 1 aliphatic heterocycles. The van der Waals surface area contributed by atoms with Gasteiger partial charge in [0, 0.05) is 49.5 Å². The van der Waals surface area contributed by atoms with Gasteiger partial charge in [-0.2, -0.15) is 5.26 Å². The Kier molecular flexibility index (Phi) is 8.85. The minimum Gasteiger partial charge on any atom is -0.451 e. The molecule has 0 aliphatic carbocycles. The molecule has 3 rings (SSSR count). The van der Waals surface area contributed by atoms with Crippen LogP contribution in [0.3, 0.4) is 0 Å². The Bertz CT molecular complexity index is 1080. The molecule has 0 unspecified atom stereocenters. The van der Waals surface area contributed by atoms with Crippen LogP contribution in [0.4, 0.5) is 11.4 Å². The van der Waals surface area contributed by atoms with Crippen molar-refractivity contribution in [3.8, 4) is 6.07 Å². The number of methoxy groups -OCH3 is 1.